The van der Waals surface area contributed by atoms with Crippen LogP contribution in [0.1, 0.15) is 25.0 Å². The molecule has 0 unspecified atom stereocenters. The standard InChI is InChI=1S/C51H34N2O/c1-51(2)41-19-9-6-17-38(41)49-42(51)26-25-37-35-15-7-11-21-44(35)53(50(37)49)33-24-28-46-40(30-33)48-34(18-12-22-47(48)54-46)31-23-27-45-39(29-31)36-16-8-10-20-43(36)52(45)32-13-4-3-5-14-32/h3-30H,1-2H3. The summed E-state index contributed by atoms with van der Waals surface area (Å²) in [6, 6.07) is 62.0. The van der Waals surface area contributed by atoms with E-state index in [0.717, 1.165) is 33.3 Å². The molecule has 8 aromatic carbocycles. The lowest BCUT2D eigenvalue weighted by molar-refractivity contribution is 0.661. The normalized spacial score (nSPS) is 13.5. The van der Waals surface area contributed by atoms with Crippen molar-refractivity contribution in [3.63, 3.8) is 0 Å². The third-order valence-corrected chi connectivity index (χ3v) is 12.1. The first-order chi connectivity index (χ1) is 26.6. The number of rotatable bonds is 3. The van der Waals surface area contributed by atoms with Crippen molar-refractivity contribution in [2.75, 3.05) is 0 Å². The monoisotopic (exact) mass is 690 g/mol. The van der Waals surface area contributed by atoms with E-state index in [4.69, 9.17) is 4.42 Å². The number of hydrogen-bond acceptors (Lipinski definition) is 1. The van der Waals surface area contributed by atoms with Crippen molar-refractivity contribution in [1.82, 2.24) is 9.13 Å². The summed E-state index contributed by atoms with van der Waals surface area (Å²) >= 11 is 0. The average Bonchev–Trinajstić information content (AvgIpc) is 3.93. The second-order valence-electron chi connectivity index (χ2n) is 15.3. The van der Waals surface area contributed by atoms with Crippen LogP contribution in [0.25, 0.3) is 99.2 Å². The number of aromatic nitrogens is 2. The summed E-state index contributed by atoms with van der Waals surface area (Å²) in [5, 5.41) is 7.27. The smallest absolute Gasteiger partial charge is 0.136 e. The number of para-hydroxylation sites is 3. The molecule has 0 saturated carbocycles. The van der Waals surface area contributed by atoms with Crippen LogP contribution in [0.3, 0.4) is 0 Å². The Morgan fingerprint density at radius 2 is 1.13 bits per heavy atom. The molecule has 0 radical (unpaired) electrons. The second-order valence-corrected chi connectivity index (χ2v) is 15.3. The molecular formula is C51H34N2O. The molecule has 0 spiro atoms. The molecular weight excluding hydrogens is 657 g/mol. The third-order valence-electron chi connectivity index (χ3n) is 12.1. The summed E-state index contributed by atoms with van der Waals surface area (Å²) in [5.74, 6) is 0. The van der Waals surface area contributed by atoms with Crippen LogP contribution in [-0.4, -0.2) is 9.13 Å². The maximum absolute atomic E-state index is 6.62. The summed E-state index contributed by atoms with van der Waals surface area (Å²) in [5.41, 5.74) is 16.6. The molecule has 254 valence electrons. The topological polar surface area (TPSA) is 23.0 Å². The van der Waals surface area contributed by atoms with Gasteiger partial charge in [0.1, 0.15) is 11.2 Å². The maximum atomic E-state index is 6.62. The first-order valence-corrected chi connectivity index (χ1v) is 18.8. The Balaban J connectivity index is 1.12. The zero-order valence-electron chi connectivity index (χ0n) is 30.0. The number of hydrogen-bond donors (Lipinski definition) is 0. The van der Waals surface area contributed by atoms with Crippen molar-refractivity contribution in [2.24, 2.45) is 0 Å². The van der Waals surface area contributed by atoms with E-state index in [9.17, 15) is 0 Å². The first-order valence-electron chi connectivity index (χ1n) is 18.8. The maximum Gasteiger partial charge on any atom is 0.136 e. The van der Waals surface area contributed by atoms with Crippen LogP contribution >= 0.6 is 0 Å². The molecule has 3 heteroatoms. The van der Waals surface area contributed by atoms with Gasteiger partial charge in [-0.3, -0.25) is 0 Å². The number of benzene rings is 8. The van der Waals surface area contributed by atoms with Crippen LogP contribution in [0, 0.1) is 0 Å². The minimum atomic E-state index is -0.0878. The van der Waals surface area contributed by atoms with Gasteiger partial charge in [-0.2, -0.15) is 0 Å². The van der Waals surface area contributed by atoms with E-state index in [2.05, 4.69) is 193 Å². The van der Waals surface area contributed by atoms with Crippen LogP contribution in [0.5, 0.6) is 0 Å². The van der Waals surface area contributed by atoms with Crippen molar-refractivity contribution in [1.29, 1.82) is 0 Å². The van der Waals surface area contributed by atoms with Crippen LogP contribution in [0.15, 0.2) is 174 Å². The highest BCUT2D eigenvalue weighted by atomic mass is 16.3. The molecule has 54 heavy (non-hydrogen) atoms. The van der Waals surface area contributed by atoms with Crippen molar-refractivity contribution in [2.45, 2.75) is 19.3 Å². The van der Waals surface area contributed by atoms with Gasteiger partial charge in [-0.1, -0.05) is 123 Å². The molecule has 0 fully saturated rings. The third kappa shape index (κ3) is 3.85. The number of fused-ring (bicyclic) bond motifs is 13. The zero-order valence-corrected chi connectivity index (χ0v) is 30.0. The predicted octanol–water partition coefficient (Wildman–Crippen LogP) is 13.8. The van der Waals surface area contributed by atoms with E-state index in [-0.39, 0.29) is 5.41 Å². The molecule has 0 N–H and O–H groups in total. The van der Waals surface area contributed by atoms with Gasteiger partial charge in [-0.05, 0) is 88.5 Å². The van der Waals surface area contributed by atoms with Crippen molar-refractivity contribution in [3.05, 3.63) is 181 Å². The van der Waals surface area contributed by atoms with Crippen molar-refractivity contribution < 1.29 is 4.42 Å². The summed E-state index contributed by atoms with van der Waals surface area (Å²) in [4.78, 5) is 0. The lowest BCUT2D eigenvalue weighted by atomic mass is 9.82. The van der Waals surface area contributed by atoms with Crippen molar-refractivity contribution in [3.8, 4) is 33.6 Å². The van der Waals surface area contributed by atoms with Gasteiger partial charge in [-0.25, -0.2) is 0 Å². The summed E-state index contributed by atoms with van der Waals surface area (Å²) < 4.78 is 11.5. The first kappa shape index (κ1) is 29.7. The largest absolute Gasteiger partial charge is 0.456 e. The molecule has 12 rings (SSSR count). The number of furan rings is 1. The van der Waals surface area contributed by atoms with Crippen LogP contribution in [-0.2, 0) is 5.41 Å². The molecule has 1 aliphatic rings. The SMILES string of the molecule is CC1(C)c2ccccc2-c2c1ccc1c3ccccc3n(-c3ccc4oc5cccc(-c6ccc7c(c6)c6ccccc6n7-c6ccccc6)c5c4c3)c21. The van der Waals surface area contributed by atoms with Gasteiger partial charge < -0.3 is 13.6 Å². The quantitative estimate of drug-likeness (QED) is 0.181. The zero-order chi connectivity index (χ0) is 35.7. The van der Waals surface area contributed by atoms with E-state index >= 15 is 0 Å². The Kier molecular flexibility index (Phi) is 5.84. The molecule has 11 aromatic rings. The van der Waals surface area contributed by atoms with E-state index in [0.29, 0.717) is 0 Å². The minimum absolute atomic E-state index is 0.0878. The number of nitrogens with zero attached hydrogens (tertiary/aromatic N) is 2. The van der Waals surface area contributed by atoms with Gasteiger partial charge >= 0.3 is 0 Å². The second kappa shape index (κ2) is 10.6. The Hall–Kier alpha value is -6.84. The fourth-order valence-corrected chi connectivity index (χ4v) is 9.70. The Labute approximate surface area is 311 Å². The van der Waals surface area contributed by atoms with Crippen LogP contribution in [0.2, 0.25) is 0 Å². The van der Waals surface area contributed by atoms with Gasteiger partial charge in [0.2, 0.25) is 0 Å². The van der Waals surface area contributed by atoms with Crippen LogP contribution < -0.4 is 0 Å². The summed E-state index contributed by atoms with van der Waals surface area (Å²) in [7, 11) is 0. The Bertz CT molecular complexity index is 3350. The fourth-order valence-electron chi connectivity index (χ4n) is 9.70. The highest BCUT2D eigenvalue weighted by molar-refractivity contribution is 6.18. The lowest BCUT2D eigenvalue weighted by Crippen LogP contribution is -2.14. The van der Waals surface area contributed by atoms with Gasteiger partial charge in [0, 0.05) is 54.7 Å². The minimum Gasteiger partial charge on any atom is -0.456 e. The molecule has 0 atom stereocenters. The molecule has 0 saturated heterocycles. The molecule has 3 heterocycles. The molecule has 0 bridgehead atoms. The van der Waals surface area contributed by atoms with E-state index < -0.39 is 0 Å². The van der Waals surface area contributed by atoms with E-state index in [1.165, 1.54) is 77.0 Å². The van der Waals surface area contributed by atoms with E-state index in [1.807, 2.05) is 0 Å². The molecule has 1 aliphatic carbocycles. The van der Waals surface area contributed by atoms with Gasteiger partial charge in [-0.15, -0.1) is 0 Å². The molecule has 3 nitrogen and oxygen atoms in total. The van der Waals surface area contributed by atoms with Crippen LogP contribution in [0.4, 0.5) is 0 Å². The molecule has 0 amide bonds. The summed E-state index contributed by atoms with van der Waals surface area (Å²) in [6.45, 7) is 4.72. The van der Waals surface area contributed by atoms with Gasteiger partial charge in [0.15, 0.2) is 0 Å². The summed E-state index contributed by atoms with van der Waals surface area (Å²) in [6.07, 6.45) is 0. The lowest BCUT2D eigenvalue weighted by Gasteiger charge is -2.21. The Morgan fingerprint density at radius 3 is 1.98 bits per heavy atom. The van der Waals surface area contributed by atoms with E-state index in [1.54, 1.807) is 0 Å². The fraction of sp³-hybridized carbons (Fsp3) is 0.0588. The average molecular weight is 691 g/mol. The highest BCUT2D eigenvalue weighted by Crippen LogP contribution is 2.53. The Morgan fingerprint density at radius 1 is 0.426 bits per heavy atom. The van der Waals surface area contributed by atoms with Crippen molar-refractivity contribution >= 4 is 65.6 Å². The van der Waals surface area contributed by atoms with Gasteiger partial charge in [0.25, 0.3) is 0 Å². The highest BCUT2D eigenvalue weighted by Gasteiger charge is 2.37. The predicted molar refractivity (Wildman–Crippen MR) is 225 cm³/mol. The molecule has 3 aromatic heterocycles. The van der Waals surface area contributed by atoms with Gasteiger partial charge in [0.05, 0.1) is 22.1 Å². The molecule has 0 aliphatic heterocycles.